The standard InChI is InChI=1S/C23H27FN4O2.C21H27N5O4S/c1-15-18(23(29)28-10-3-2-4-21(28)25-15)9-13-27-11-7-16(8-12-27)22-19-6-5-17(24)14-20(19)30-26-22;1-15-13-24-19(14-23-15)20(27)22-12-11-16-7-9-18(10-8-16)31(29,30)26-21(28)25-17-5-3-2-4-6-17/h5-6,14,16H,2-4,7-13H2,1H3;7-10,13-14,17H,2-6,11-12H2,1H3,(H,22,27)(H2,25,26,28). The number of halogens is 1. The first-order chi connectivity index (χ1) is 29.4. The molecule has 61 heavy (non-hydrogen) atoms. The van der Waals surface area contributed by atoms with E-state index in [0.29, 0.717) is 24.5 Å². The highest BCUT2D eigenvalue weighted by atomic mass is 32.2. The zero-order chi connectivity index (χ0) is 42.9. The Hall–Kier alpha value is -5.55. The summed E-state index contributed by atoms with van der Waals surface area (Å²) in [5.74, 6) is 0.654. The predicted molar refractivity (Wildman–Crippen MR) is 227 cm³/mol. The van der Waals surface area contributed by atoms with Crippen LogP contribution in [0.3, 0.4) is 0 Å². The highest BCUT2D eigenvalue weighted by Crippen LogP contribution is 2.33. The molecule has 3 N–H and O–H groups in total. The number of hydrogen-bond donors (Lipinski definition) is 3. The van der Waals surface area contributed by atoms with Gasteiger partial charge in [0.1, 0.15) is 17.3 Å². The van der Waals surface area contributed by atoms with Crippen molar-refractivity contribution in [3.63, 3.8) is 0 Å². The Morgan fingerprint density at radius 2 is 1.67 bits per heavy atom. The predicted octanol–water partition coefficient (Wildman–Crippen LogP) is 5.67. The van der Waals surface area contributed by atoms with Crippen LogP contribution < -0.4 is 20.9 Å². The van der Waals surface area contributed by atoms with Gasteiger partial charge in [-0.15, -0.1) is 0 Å². The molecule has 8 rings (SSSR count). The van der Waals surface area contributed by atoms with Crippen LogP contribution in [0.25, 0.3) is 11.0 Å². The number of likely N-dealkylation sites (tertiary alicyclic amines) is 1. The van der Waals surface area contributed by atoms with Gasteiger partial charge in [-0.3, -0.25) is 19.1 Å². The van der Waals surface area contributed by atoms with Gasteiger partial charge >= 0.3 is 6.03 Å². The lowest BCUT2D eigenvalue weighted by Gasteiger charge is -2.31. The van der Waals surface area contributed by atoms with E-state index >= 15 is 0 Å². The highest BCUT2D eigenvalue weighted by molar-refractivity contribution is 7.90. The molecule has 5 heterocycles. The van der Waals surface area contributed by atoms with Crippen molar-refractivity contribution in [1.82, 2.24) is 44.9 Å². The van der Waals surface area contributed by atoms with Gasteiger partial charge in [-0.1, -0.05) is 36.6 Å². The normalized spacial score (nSPS) is 16.3. The quantitative estimate of drug-likeness (QED) is 0.148. The zero-order valence-electron chi connectivity index (χ0n) is 34.8. The van der Waals surface area contributed by atoms with Crippen LogP contribution in [-0.2, 0) is 35.8 Å². The van der Waals surface area contributed by atoms with Crippen LogP contribution in [0, 0.1) is 19.7 Å². The molecule has 5 aromatic rings. The largest absolute Gasteiger partial charge is 0.356 e. The molecular weight excluding hydrogens is 802 g/mol. The monoisotopic (exact) mass is 855 g/mol. The third-order valence-electron chi connectivity index (χ3n) is 11.8. The van der Waals surface area contributed by atoms with E-state index in [1.54, 1.807) is 25.1 Å². The number of benzene rings is 2. The Balaban J connectivity index is 0.000000184. The number of nitrogens with one attached hydrogen (secondary N) is 3. The third kappa shape index (κ3) is 11.2. The minimum absolute atomic E-state index is 0.00834. The number of urea groups is 1. The van der Waals surface area contributed by atoms with Crippen LogP contribution in [-0.4, -0.2) is 82.2 Å². The number of amides is 3. The van der Waals surface area contributed by atoms with E-state index in [4.69, 9.17) is 9.51 Å². The van der Waals surface area contributed by atoms with E-state index in [1.807, 2.05) is 11.5 Å². The molecule has 324 valence electrons. The van der Waals surface area contributed by atoms with Crippen LogP contribution in [0.15, 0.2) is 69.1 Å². The number of piperidine rings is 1. The molecule has 1 aliphatic carbocycles. The maximum absolute atomic E-state index is 13.4. The third-order valence-corrected chi connectivity index (χ3v) is 13.2. The lowest BCUT2D eigenvalue weighted by Crippen LogP contribution is -2.45. The molecule has 3 amide bonds. The van der Waals surface area contributed by atoms with Crippen molar-refractivity contribution in [1.29, 1.82) is 0 Å². The number of hydrogen-bond acceptors (Lipinski definition) is 11. The van der Waals surface area contributed by atoms with Crippen LogP contribution in [0.1, 0.15) is 108 Å². The number of rotatable bonds is 11. The van der Waals surface area contributed by atoms with Crippen LogP contribution in [0.5, 0.6) is 0 Å². The molecule has 0 radical (unpaired) electrons. The summed E-state index contributed by atoms with van der Waals surface area (Å²) in [5.41, 5.74) is 5.20. The van der Waals surface area contributed by atoms with Gasteiger partial charge in [-0.05, 0) is 108 Å². The second kappa shape index (κ2) is 19.9. The first-order valence-electron chi connectivity index (χ1n) is 21.3. The van der Waals surface area contributed by atoms with Gasteiger partial charge < -0.3 is 20.1 Å². The van der Waals surface area contributed by atoms with Crippen molar-refractivity contribution in [2.75, 3.05) is 26.2 Å². The van der Waals surface area contributed by atoms with Crippen molar-refractivity contribution >= 4 is 32.9 Å². The molecule has 0 atom stereocenters. The van der Waals surface area contributed by atoms with Gasteiger partial charge in [0.25, 0.3) is 21.5 Å². The minimum atomic E-state index is -3.95. The second-order valence-electron chi connectivity index (χ2n) is 16.2. The van der Waals surface area contributed by atoms with Crippen molar-refractivity contribution < 1.29 is 26.9 Å². The summed E-state index contributed by atoms with van der Waals surface area (Å²) in [6.45, 7) is 7.71. The Morgan fingerprint density at radius 3 is 2.41 bits per heavy atom. The van der Waals surface area contributed by atoms with E-state index in [1.165, 1.54) is 36.7 Å². The Kier molecular flexibility index (Phi) is 14.2. The van der Waals surface area contributed by atoms with E-state index in [0.717, 1.165) is 136 Å². The molecule has 2 aromatic carbocycles. The van der Waals surface area contributed by atoms with Gasteiger partial charge in [-0.2, -0.15) is 0 Å². The van der Waals surface area contributed by atoms with Gasteiger partial charge in [0.05, 0.1) is 22.5 Å². The summed E-state index contributed by atoms with van der Waals surface area (Å²) in [7, 11) is -3.95. The number of fused-ring (bicyclic) bond motifs is 2. The molecular formula is C44H54FN9O6S. The Bertz CT molecular complexity index is 2480. The minimum Gasteiger partial charge on any atom is -0.356 e. The summed E-state index contributed by atoms with van der Waals surface area (Å²) < 4.78 is 47.6. The van der Waals surface area contributed by atoms with E-state index in [-0.39, 0.29) is 33.9 Å². The number of nitrogens with zero attached hydrogens (tertiary/aromatic N) is 6. The maximum atomic E-state index is 13.4. The molecule has 0 bridgehead atoms. The fourth-order valence-electron chi connectivity index (χ4n) is 8.34. The topological polar surface area (TPSA) is 194 Å². The molecule has 1 saturated carbocycles. The molecule has 17 heteroatoms. The number of aromatic nitrogens is 5. The van der Waals surface area contributed by atoms with Gasteiger partial charge in [0.2, 0.25) is 0 Å². The second-order valence-corrected chi connectivity index (χ2v) is 17.9. The molecule has 0 spiro atoms. The SMILES string of the molecule is Cc1cnc(C(=O)NCCc2ccc(S(=O)(=O)NC(=O)NC3CCCCC3)cc2)cn1.Cc1nc2n(c(=O)c1CCN1CCC(c3noc4cc(F)ccc34)CC1)CCCC2. The molecule has 15 nitrogen and oxygen atoms in total. The van der Waals surface area contributed by atoms with Gasteiger partial charge in [-0.25, -0.2) is 32.3 Å². The summed E-state index contributed by atoms with van der Waals surface area (Å²) in [6, 6.07) is 10.2. The van der Waals surface area contributed by atoms with Crippen LogP contribution >= 0.6 is 0 Å². The summed E-state index contributed by atoms with van der Waals surface area (Å²) in [5, 5.41) is 10.6. The fourth-order valence-corrected chi connectivity index (χ4v) is 9.26. The van der Waals surface area contributed by atoms with E-state index in [2.05, 4.69) is 35.4 Å². The summed E-state index contributed by atoms with van der Waals surface area (Å²) >= 11 is 0. The molecule has 2 fully saturated rings. The number of sulfonamides is 1. The zero-order valence-corrected chi connectivity index (χ0v) is 35.6. The number of aryl methyl sites for hydroxylation is 3. The van der Waals surface area contributed by atoms with Crippen molar-refractivity contribution in [2.45, 2.75) is 114 Å². The fraction of sp³-hybridized carbons (Fsp3) is 0.477. The highest BCUT2D eigenvalue weighted by Gasteiger charge is 2.26. The lowest BCUT2D eigenvalue weighted by molar-refractivity contribution is 0.0948. The Labute approximate surface area is 355 Å². The van der Waals surface area contributed by atoms with E-state index < -0.39 is 16.1 Å². The Morgan fingerprint density at radius 1 is 0.902 bits per heavy atom. The van der Waals surface area contributed by atoms with Crippen molar-refractivity contribution in [3.8, 4) is 0 Å². The average molecular weight is 856 g/mol. The summed E-state index contributed by atoms with van der Waals surface area (Å²) in [4.78, 5) is 52.2. The first kappa shape index (κ1) is 43.5. The number of carbonyl (C=O) groups is 2. The summed E-state index contributed by atoms with van der Waals surface area (Å²) in [6.07, 6.45) is 14.2. The van der Waals surface area contributed by atoms with Crippen molar-refractivity contribution in [2.24, 2.45) is 0 Å². The maximum Gasteiger partial charge on any atom is 0.328 e. The van der Waals surface area contributed by atoms with Crippen LogP contribution in [0.2, 0.25) is 0 Å². The molecule has 3 aromatic heterocycles. The van der Waals surface area contributed by atoms with Gasteiger partial charge in [0, 0.05) is 66.9 Å². The van der Waals surface area contributed by atoms with E-state index in [9.17, 15) is 27.2 Å². The smallest absolute Gasteiger partial charge is 0.328 e. The molecule has 2 aliphatic heterocycles. The number of carbonyl (C=O) groups excluding carboxylic acids is 2. The molecule has 3 aliphatic rings. The first-order valence-corrected chi connectivity index (χ1v) is 22.8. The average Bonchev–Trinajstić information content (AvgIpc) is 3.67. The molecule has 0 unspecified atom stereocenters. The molecule has 1 saturated heterocycles. The lowest BCUT2D eigenvalue weighted by atomic mass is 9.91. The van der Waals surface area contributed by atoms with Crippen molar-refractivity contribution in [3.05, 3.63) is 111 Å². The van der Waals surface area contributed by atoms with Gasteiger partial charge in [0.15, 0.2) is 5.58 Å². The van der Waals surface area contributed by atoms with Crippen LogP contribution in [0.4, 0.5) is 9.18 Å².